The van der Waals surface area contributed by atoms with Gasteiger partial charge in [-0.1, -0.05) is 29.4 Å². The fourth-order valence-electron chi connectivity index (χ4n) is 3.19. The number of anilines is 1. The highest BCUT2D eigenvalue weighted by molar-refractivity contribution is 5.95. The van der Waals surface area contributed by atoms with Crippen LogP contribution in [0.4, 0.5) is 5.69 Å². The van der Waals surface area contributed by atoms with Gasteiger partial charge in [0.2, 0.25) is 5.91 Å². The van der Waals surface area contributed by atoms with Crippen LogP contribution in [0.3, 0.4) is 0 Å². The molecule has 3 aromatic heterocycles. The summed E-state index contributed by atoms with van der Waals surface area (Å²) in [6, 6.07) is 13.6. The largest absolute Gasteiger partial charge is 0.361 e. The summed E-state index contributed by atoms with van der Waals surface area (Å²) < 4.78 is 7.12. The number of pyridine rings is 1. The highest BCUT2D eigenvalue weighted by Crippen LogP contribution is 2.27. The lowest BCUT2D eigenvalue weighted by atomic mass is 10.1. The average molecular weight is 360 g/mol. The maximum Gasteiger partial charge on any atom is 0.224 e. The zero-order chi connectivity index (χ0) is 18.8. The first-order valence-corrected chi connectivity index (χ1v) is 8.86. The normalized spacial score (nSPS) is 11.0. The Morgan fingerprint density at radius 3 is 2.74 bits per heavy atom. The second-order valence-corrected chi connectivity index (χ2v) is 6.49. The standard InChI is InChI=1S/C21H20N4O2/c1-14-16(15(2)27-24-14)10-11-21(26)23-18-8-4-3-7-17(18)19-13-25-12-6-5-9-20(25)22-19/h3-9,12-13H,10-11H2,1-2H3,(H,23,26). The highest BCUT2D eigenvalue weighted by atomic mass is 16.5. The van der Waals surface area contributed by atoms with Gasteiger partial charge in [-0.3, -0.25) is 4.79 Å². The Morgan fingerprint density at radius 1 is 1.15 bits per heavy atom. The maximum absolute atomic E-state index is 12.5. The second-order valence-electron chi connectivity index (χ2n) is 6.49. The summed E-state index contributed by atoms with van der Waals surface area (Å²) in [6.45, 7) is 3.76. The molecular formula is C21H20N4O2. The van der Waals surface area contributed by atoms with Gasteiger partial charge in [0.25, 0.3) is 0 Å². The summed E-state index contributed by atoms with van der Waals surface area (Å²) in [7, 11) is 0. The summed E-state index contributed by atoms with van der Waals surface area (Å²) in [5.74, 6) is 0.719. The molecule has 6 nitrogen and oxygen atoms in total. The third-order valence-corrected chi connectivity index (χ3v) is 4.62. The first-order chi connectivity index (χ1) is 13.1. The number of hydrogen-bond donors (Lipinski definition) is 1. The molecule has 0 radical (unpaired) electrons. The summed E-state index contributed by atoms with van der Waals surface area (Å²) in [5.41, 5.74) is 5.18. The van der Waals surface area contributed by atoms with Gasteiger partial charge in [-0.2, -0.15) is 0 Å². The summed E-state index contributed by atoms with van der Waals surface area (Å²) in [5, 5.41) is 6.95. The lowest BCUT2D eigenvalue weighted by molar-refractivity contribution is -0.116. The van der Waals surface area contributed by atoms with Gasteiger partial charge in [-0.05, 0) is 38.5 Å². The molecule has 0 saturated carbocycles. The van der Waals surface area contributed by atoms with E-state index in [1.807, 2.05) is 73.1 Å². The molecule has 1 N–H and O–H groups in total. The SMILES string of the molecule is Cc1noc(C)c1CCC(=O)Nc1ccccc1-c1cn2ccccc2n1. The second kappa shape index (κ2) is 7.07. The van der Waals surface area contributed by atoms with Crippen LogP contribution in [0.1, 0.15) is 23.4 Å². The van der Waals surface area contributed by atoms with Crippen molar-refractivity contribution in [1.29, 1.82) is 0 Å². The molecule has 0 unspecified atom stereocenters. The van der Waals surface area contributed by atoms with Crippen molar-refractivity contribution in [2.75, 3.05) is 5.32 Å². The van der Waals surface area contributed by atoms with Crippen molar-refractivity contribution in [3.63, 3.8) is 0 Å². The molecule has 6 heteroatoms. The number of aryl methyl sites for hydroxylation is 2. The molecule has 0 aliphatic rings. The fourth-order valence-corrected chi connectivity index (χ4v) is 3.19. The van der Waals surface area contributed by atoms with Gasteiger partial charge in [-0.25, -0.2) is 4.98 Å². The molecule has 27 heavy (non-hydrogen) atoms. The van der Waals surface area contributed by atoms with Crippen LogP contribution < -0.4 is 5.32 Å². The molecule has 0 fully saturated rings. The monoisotopic (exact) mass is 360 g/mol. The van der Waals surface area contributed by atoms with Gasteiger partial charge in [0.1, 0.15) is 11.4 Å². The molecule has 136 valence electrons. The van der Waals surface area contributed by atoms with E-state index >= 15 is 0 Å². The third-order valence-electron chi connectivity index (χ3n) is 4.62. The molecule has 0 aliphatic carbocycles. The highest BCUT2D eigenvalue weighted by Gasteiger charge is 2.14. The van der Waals surface area contributed by atoms with Gasteiger partial charge >= 0.3 is 0 Å². The number of benzene rings is 1. The molecule has 0 bridgehead atoms. The molecule has 1 aromatic carbocycles. The quantitative estimate of drug-likeness (QED) is 0.579. The van der Waals surface area contributed by atoms with Crippen molar-refractivity contribution in [3.05, 3.63) is 71.9 Å². The summed E-state index contributed by atoms with van der Waals surface area (Å²) in [4.78, 5) is 17.1. The molecule has 0 aliphatic heterocycles. The van der Waals surface area contributed by atoms with E-state index in [1.165, 1.54) is 0 Å². The van der Waals surface area contributed by atoms with E-state index in [4.69, 9.17) is 4.52 Å². The number of nitrogens with zero attached hydrogens (tertiary/aromatic N) is 3. The van der Waals surface area contributed by atoms with Crippen LogP contribution in [0.25, 0.3) is 16.9 Å². The van der Waals surface area contributed by atoms with E-state index in [-0.39, 0.29) is 5.91 Å². The number of amides is 1. The van der Waals surface area contributed by atoms with E-state index in [2.05, 4.69) is 15.5 Å². The van der Waals surface area contributed by atoms with Crippen LogP contribution in [0.2, 0.25) is 0 Å². The van der Waals surface area contributed by atoms with Crippen LogP contribution in [0, 0.1) is 13.8 Å². The number of carbonyl (C=O) groups excluding carboxylic acids is 1. The predicted molar refractivity (Wildman–Crippen MR) is 104 cm³/mol. The Morgan fingerprint density at radius 2 is 1.96 bits per heavy atom. The lowest BCUT2D eigenvalue weighted by Crippen LogP contribution is -2.13. The fraction of sp³-hybridized carbons (Fsp3) is 0.190. The van der Waals surface area contributed by atoms with Crippen molar-refractivity contribution >= 4 is 17.2 Å². The number of imidazole rings is 1. The Labute approximate surface area is 156 Å². The van der Waals surface area contributed by atoms with E-state index in [1.54, 1.807) is 0 Å². The van der Waals surface area contributed by atoms with Crippen molar-refractivity contribution in [2.24, 2.45) is 0 Å². The van der Waals surface area contributed by atoms with Gasteiger partial charge in [0.15, 0.2) is 0 Å². The van der Waals surface area contributed by atoms with Crippen LogP contribution in [0.5, 0.6) is 0 Å². The van der Waals surface area contributed by atoms with Gasteiger partial charge in [0.05, 0.1) is 17.1 Å². The molecule has 4 aromatic rings. The molecule has 1 amide bonds. The van der Waals surface area contributed by atoms with Gasteiger partial charge in [0, 0.05) is 29.9 Å². The van der Waals surface area contributed by atoms with Crippen molar-refractivity contribution in [2.45, 2.75) is 26.7 Å². The predicted octanol–water partition coefficient (Wildman–Crippen LogP) is 4.18. The molecule has 0 saturated heterocycles. The maximum atomic E-state index is 12.5. The first kappa shape index (κ1) is 17.0. The minimum atomic E-state index is -0.0498. The van der Waals surface area contributed by atoms with Crippen LogP contribution in [-0.2, 0) is 11.2 Å². The van der Waals surface area contributed by atoms with Crippen LogP contribution >= 0.6 is 0 Å². The van der Waals surface area contributed by atoms with Gasteiger partial charge in [-0.15, -0.1) is 0 Å². The Kier molecular flexibility index (Phi) is 4.46. The average Bonchev–Trinajstić information content (AvgIpc) is 3.24. The molecule has 0 spiro atoms. The van der Waals surface area contributed by atoms with E-state index < -0.39 is 0 Å². The van der Waals surface area contributed by atoms with Gasteiger partial charge < -0.3 is 14.2 Å². The Bertz CT molecular complexity index is 1060. The molecule has 4 rings (SSSR count). The van der Waals surface area contributed by atoms with Crippen molar-refractivity contribution in [1.82, 2.24) is 14.5 Å². The molecular weight excluding hydrogens is 340 g/mol. The van der Waals surface area contributed by atoms with Crippen LogP contribution in [-0.4, -0.2) is 20.4 Å². The van der Waals surface area contributed by atoms with E-state index in [0.29, 0.717) is 12.8 Å². The Balaban J connectivity index is 1.53. The minimum Gasteiger partial charge on any atom is -0.361 e. The molecule has 3 heterocycles. The number of nitrogens with one attached hydrogen (secondary N) is 1. The number of para-hydroxylation sites is 1. The number of aromatic nitrogens is 3. The minimum absolute atomic E-state index is 0.0498. The van der Waals surface area contributed by atoms with Crippen molar-refractivity contribution in [3.8, 4) is 11.3 Å². The van der Waals surface area contributed by atoms with Crippen LogP contribution in [0.15, 0.2) is 59.4 Å². The number of fused-ring (bicyclic) bond motifs is 1. The zero-order valence-electron chi connectivity index (χ0n) is 15.3. The number of carbonyl (C=O) groups is 1. The lowest BCUT2D eigenvalue weighted by Gasteiger charge is -2.09. The smallest absolute Gasteiger partial charge is 0.224 e. The van der Waals surface area contributed by atoms with E-state index in [9.17, 15) is 4.79 Å². The van der Waals surface area contributed by atoms with Crippen molar-refractivity contribution < 1.29 is 9.32 Å². The Hall–Kier alpha value is -3.41. The zero-order valence-corrected chi connectivity index (χ0v) is 15.3. The third kappa shape index (κ3) is 3.46. The first-order valence-electron chi connectivity index (χ1n) is 8.86. The summed E-state index contributed by atoms with van der Waals surface area (Å²) in [6.07, 6.45) is 4.88. The van der Waals surface area contributed by atoms with E-state index in [0.717, 1.165) is 39.6 Å². The molecule has 0 atom stereocenters. The number of rotatable bonds is 5. The topological polar surface area (TPSA) is 72.4 Å². The number of hydrogen-bond acceptors (Lipinski definition) is 4. The summed E-state index contributed by atoms with van der Waals surface area (Å²) >= 11 is 0.